The molecule has 1 aromatic heterocycles. The number of carbonyl (C=O) groups is 1. The van der Waals surface area contributed by atoms with Crippen molar-refractivity contribution in [1.82, 2.24) is 20.0 Å². The van der Waals surface area contributed by atoms with Crippen LogP contribution in [0, 0.1) is 0 Å². The lowest BCUT2D eigenvalue weighted by molar-refractivity contribution is 0.0944. The fourth-order valence-electron chi connectivity index (χ4n) is 1.14. The molecule has 1 rings (SSSR count). The van der Waals surface area contributed by atoms with Crippen molar-refractivity contribution in [1.29, 1.82) is 0 Å². The fourth-order valence-corrected chi connectivity index (χ4v) is 1.14. The molecule has 0 saturated heterocycles. The number of nitrogens with two attached hydrogens (primary N) is 1. The Labute approximate surface area is 95.4 Å². The Bertz CT molecular complexity index is 371. The molecule has 0 spiro atoms. The maximum absolute atomic E-state index is 11.7. The first kappa shape index (κ1) is 12.5. The van der Waals surface area contributed by atoms with E-state index in [9.17, 15) is 4.79 Å². The fraction of sp³-hybridized carbons (Fsp3) is 0.600. The number of aromatic nitrogens is 2. The van der Waals surface area contributed by atoms with Gasteiger partial charge in [-0.2, -0.15) is 5.10 Å². The minimum atomic E-state index is -0.181. The largest absolute Gasteiger partial charge is 0.383 e. The average Bonchev–Trinajstić information content (AvgIpc) is 2.55. The first-order valence-electron chi connectivity index (χ1n) is 5.15. The van der Waals surface area contributed by atoms with Gasteiger partial charge < -0.3 is 16.0 Å². The van der Waals surface area contributed by atoms with Crippen molar-refractivity contribution < 1.29 is 4.79 Å². The standard InChI is InChI=1S/C10H19N5O/c1-7(14(2)3)5-12-10(16)8-6-13-15(4)9(8)11/h6-7H,5,11H2,1-4H3,(H,12,16). The molecule has 0 fully saturated rings. The Morgan fingerprint density at radius 1 is 1.69 bits per heavy atom. The van der Waals surface area contributed by atoms with E-state index in [0.717, 1.165) is 0 Å². The van der Waals surface area contributed by atoms with E-state index in [1.54, 1.807) is 7.05 Å². The third kappa shape index (κ3) is 2.73. The number of hydrogen-bond donors (Lipinski definition) is 2. The zero-order valence-corrected chi connectivity index (χ0v) is 10.2. The highest BCUT2D eigenvalue weighted by molar-refractivity contribution is 5.98. The summed E-state index contributed by atoms with van der Waals surface area (Å²) in [5, 5.41) is 6.74. The van der Waals surface area contributed by atoms with E-state index < -0.39 is 0 Å². The van der Waals surface area contributed by atoms with Crippen LogP contribution in [-0.2, 0) is 7.05 Å². The predicted octanol–water partition coefficient (Wildman–Crippen LogP) is -0.318. The first-order chi connectivity index (χ1) is 7.43. The molecule has 1 heterocycles. The van der Waals surface area contributed by atoms with Gasteiger partial charge in [-0.05, 0) is 21.0 Å². The van der Waals surface area contributed by atoms with Gasteiger partial charge in [-0.3, -0.25) is 9.48 Å². The molecule has 16 heavy (non-hydrogen) atoms. The van der Waals surface area contributed by atoms with Crippen LogP contribution in [0.15, 0.2) is 6.20 Å². The van der Waals surface area contributed by atoms with Gasteiger partial charge in [0.2, 0.25) is 0 Å². The lowest BCUT2D eigenvalue weighted by Gasteiger charge is -2.19. The molecular weight excluding hydrogens is 206 g/mol. The van der Waals surface area contributed by atoms with Gasteiger partial charge in [0.15, 0.2) is 0 Å². The monoisotopic (exact) mass is 225 g/mol. The highest BCUT2D eigenvalue weighted by Gasteiger charge is 2.14. The Morgan fingerprint density at radius 2 is 2.31 bits per heavy atom. The van der Waals surface area contributed by atoms with Crippen LogP contribution in [0.5, 0.6) is 0 Å². The highest BCUT2D eigenvalue weighted by atomic mass is 16.1. The van der Waals surface area contributed by atoms with E-state index in [1.165, 1.54) is 10.9 Å². The number of anilines is 1. The van der Waals surface area contributed by atoms with Gasteiger partial charge in [-0.15, -0.1) is 0 Å². The van der Waals surface area contributed by atoms with Crippen molar-refractivity contribution in [3.8, 4) is 0 Å². The Balaban J connectivity index is 2.57. The number of amides is 1. The Morgan fingerprint density at radius 3 is 2.75 bits per heavy atom. The molecule has 0 aliphatic heterocycles. The molecule has 0 aliphatic rings. The topological polar surface area (TPSA) is 76.2 Å². The summed E-state index contributed by atoms with van der Waals surface area (Å²) in [6.45, 7) is 2.62. The first-order valence-corrected chi connectivity index (χ1v) is 5.15. The summed E-state index contributed by atoms with van der Waals surface area (Å²) in [6.07, 6.45) is 1.48. The average molecular weight is 225 g/mol. The molecule has 0 saturated carbocycles. The normalized spacial score (nSPS) is 12.8. The third-order valence-corrected chi connectivity index (χ3v) is 2.67. The Kier molecular flexibility index (Phi) is 3.89. The Hall–Kier alpha value is -1.56. The van der Waals surface area contributed by atoms with Crippen molar-refractivity contribution in [3.05, 3.63) is 11.8 Å². The van der Waals surface area contributed by atoms with Gasteiger partial charge in [0.05, 0.1) is 6.20 Å². The van der Waals surface area contributed by atoms with Gasteiger partial charge >= 0.3 is 0 Å². The van der Waals surface area contributed by atoms with E-state index in [1.807, 2.05) is 25.9 Å². The highest BCUT2D eigenvalue weighted by Crippen LogP contribution is 2.08. The van der Waals surface area contributed by atoms with Gasteiger partial charge in [0.25, 0.3) is 5.91 Å². The van der Waals surface area contributed by atoms with Crippen molar-refractivity contribution in [2.24, 2.45) is 7.05 Å². The van der Waals surface area contributed by atoms with E-state index in [0.29, 0.717) is 17.9 Å². The molecule has 0 aromatic carbocycles. The number of likely N-dealkylation sites (N-methyl/N-ethyl adjacent to an activating group) is 1. The van der Waals surface area contributed by atoms with Crippen LogP contribution < -0.4 is 11.1 Å². The van der Waals surface area contributed by atoms with Gasteiger partial charge in [-0.25, -0.2) is 0 Å². The summed E-state index contributed by atoms with van der Waals surface area (Å²) in [6, 6.07) is 0.279. The number of carbonyl (C=O) groups excluding carboxylic acids is 1. The summed E-state index contributed by atoms with van der Waals surface area (Å²) in [5.41, 5.74) is 6.12. The quantitative estimate of drug-likeness (QED) is 0.736. The molecule has 1 aromatic rings. The van der Waals surface area contributed by atoms with Crippen molar-refractivity contribution in [3.63, 3.8) is 0 Å². The number of hydrogen-bond acceptors (Lipinski definition) is 4. The molecule has 90 valence electrons. The second-order valence-electron chi connectivity index (χ2n) is 4.09. The molecule has 0 radical (unpaired) electrons. The summed E-state index contributed by atoms with van der Waals surface area (Å²) < 4.78 is 1.48. The zero-order valence-electron chi connectivity index (χ0n) is 10.2. The van der Waals surface area contributed by atoms with Crippen LogP contribution in [0.2, 0.25) is 0 Å². The van der Waals surface area contributed by atoms with E-state index in [2.05, 4.69) is 10.4 Å². The number of rotatable bonds is 4. The maximum atomic E-state index is 11.7. The molecular formula is C10H19N5O. The van der Waals surface area contributed by atoms with Crippen molar-refractivity contribution in [2.45, 2.75) is 13.0 Å². The number of nitrogen functional groups attached to an aromatic ring is 1. The second kappa shape index (κ2) is 4.98. The molecule has 0 aliphatic carbocycles. The second-order valence-corrected chi connectivity index (χ2v) is 4.09. The van der Waals surface area contributed by atoms with Gasteiger partial charge in [0.1, 0.15) is 11.4 Å². The van der Waals surface area contributed by atoms with Crippen LogP contribution in [-0.4, -0.2) is 47.3 Å². The third-order valence-electron chi connectivity index (χ3n) is 2.67. The minimum Gasteiger partial charge on any atom is -0.383 e. The van der Waals surface area contributed by atoms with Crippen LogP contribution >= 0.6 is 0 Å². The molecule has 1 amide bonds. The molecule has 3 N–H and O–H groups in total. The summed E-state index contributed by atoms with van der Waals surface area (Å²) >= 11 is 0. The van der Waals surface area contributed by atoms with Crippen LogP contribution in [0.3, 0.4) is 0 Å². The van der Waals surface area contributed by atoms with Gasteiger partial charge in [-0.1, -0.05) is 0 Å². The zero-order chi connectivity index (χ0) is 12.3. The van der Waals surface area contributed by atoms with E-state index in [4.69, 9.17) is 5.73 Å². The lowest BCUT2D eigenvalue weighted by Crippen LogP contribution is -2.38. The van der Waals surface area contributed by atoms with Crippen LogP contribution in [0.25, 0.3) is 0 Å². The van der Waals surface area contributed by atoms with Crippen molar-refractivity contribution in [2.75, 3.05) is 26.4 Å². The SMILES string of the molecule is CC(CNC(=O)c1cnn(C)c1N)N(C)C. The van der Waals surface area contributed by atoms with Crippen molar-refractivity contribution >= 4 is 11.7 Å². The number of nitrogens with zero attached hydrogens (tertiary/aromatic N) is 3. The number of aryl methyl sites for hydroxylation is 1. The van der Waals surface area contributed by atoms with E-state index >= 15 is 0 Å². The summed E-state index contributed by atoms with van der Waals surface area (Å²) in [5.74, 6) is 0.203. The molecule has 1 unspecified atom stereocenters. The molecule has 0 bridgehead atoms. The summed E-state index contributed by atoms with van der Waals surface area (Å²) in [4.78, 5) is 13.8. The number of nitrogens with one attached hydrogen (secondary N) is 1. The molecule has 6 heteroatoms. The van der Waals surface area contributed by atoms with E-state index in [-0.39, 0.29) is 11.9 Å². The minimum absolute atomic E-state index is 0.181. The van der Waals surface area contributed by atoms with Gasteiger partial charge in [0, 0.05) is 19.6 Å². The summed E-state index contributed by atoms with van der Waals surface area (Å²) in [7, 11) is 5.64. The maximum Gasteiger partial charge on any atom is 0.256 e. The molecule has 1 atom stereocenters. The lowest BCUT2D eigenvalue weighted by atomic mass is 10.2. The van der Waals surface area contributed by atoms with Crippen LogP contribution in [0.4, 0.5) is 5.82 Å². The smallest absolute Gasteiger partial charge is 0.256 e. The predicted molar refractivity (Wildman–Crippen MR) is 63.1 cm³/mol. The molecule has 6 nitrogen and oxygen atoms in total. The van der Waals surface area contributed by atoms with Crippen LogP contribution in [0.1, 0.15) is 17.3 Å².